The molecular formula is C63H38N2OS. The molecule has 11 aromatic carbocycles. The molecule has 67 heavy (non-hydrogen) atoms. The molecule has 2 aliphatic rings. The lowest BCUT2D eigenvalue weighted by Crippen LogP contribution is -2.36. The highest BCUT2D eigenvalue weighted by Gasteiger charge is 2.49. The number of aromatic nitrogens is 1. The van der Waals surface area contributed by atoms with Crippen molar-refractivity contribution in [2.75, 3.05) is 4.90 Å². The van der Waals surface area contributed by atoms with Crippen LogP contribution in [-0.2, 0) is 5.41 Å². The first-order valence-electron chi connectivity index (χ1n) is 23.0. The molecule has 1 spiro atoms. The molecule has 2 aromatic heterocycles. The molecule has 0 amide bonds. The molecule has 0 atom stereocenters. The predicted molar refractivity (Wildman–Crippen MR) is 281 cm³/mol. The van der Waals surface area contributed by atoms with Crippen LogP contribution in [-0.4, -0.2) is 4.57 Å². The Morgan fingerprint density at radius 1 is 0.388 bits per heavy atom. The van der Waals surface area contributed by atoms with E-state index >= 15 is 0 Å². The van der Waals surface area contributed by atoms with Crippen LogP contribution in [0.5, 0.6) is 11.5 Å². The number of nitrogens with zero attached hydrogens (tertiary/aromatic N) is 2. The second-order valence-corrected chi connectivity index (χ2v) is 19.0. The summed E-state index contributed by atoms with van der Waals surface area (Å²) in [6.07, 6.45) is 0. The van der Waals surface area contributed by atoms with Crippen molar-refractivity contribution in [3.05, 3.63) is 253 Å². The largest absolute Gasteiger partial charge is 0.457 e. The number of para-hydroxylation sites is 3. The molecule has 0 saturated heterocycles. The molecule has 0 fully saturated rings. The first-order valence-corrected chi connectivity index (χ1v) is 23.8. The Morgan fingerprint density at radius 3 is 1.88 bits per heavy atom. The third-order valence-electron chi connectivity index (χ3n) is 14.6. The molecule has 15 rings (SSSR count). The third kappa shape index (κ3) is 5.00. The maximum atomic E-state index is 6.74. The molecular weight excluding hydrogens is 833 g/mol. The van der Waals surface area contributed by atoms with E-state index in [2.05, 4.69) is 240 Å². The van der Waals surface area contributed by atoms with Gasteiger partial charge in [0.2, 0.25) is 0 Å². The van der Waals surface area contributed by atoms with Crippen LogP contribution in [0.3, 0.4) is 0 Å². The van der Waals surface area contributed by atoms with Gasteiger partial charge in [0, 0.05) is 64.2 Å². The molecule has 0 radical (unpaired) electrons. The average Bonchev–Trinajstić information content (AvgIpc) is 3.93. The lowest BCUT2D eigenvalue weighted by Gasteiger charge is -2.45. The van der Waals surface area contributed by atoms with E-state index in [0.717, 1.165) is 45.4 Å². The zero-order valence-electron chi connectivity index (χ0n) is 36.2. The molecule has 4 heteroatoms. The van der Waals surface area contributed by atoms with Crippen LogP contribution in [0, 0.1) is 0 Å². The maximum Gasteiger partial charge on any atom is 0.132 e. The van der Waals surface area contributed by atoms with Gasteiger partial charge in [-0.15, -0.1) is 11.3 Å². The van der Waals surface area contributed by atoms with Crippen molar-refractivity contribution in [1.82, 2.24) is 4.57 Å². The van der Waals surface area contributed by atoms with E-state index in [4.69, 9.17) is 4.74 Å². The fraction of sp³-hybridized carbons (Fsp3) is 0.0159. The average molecular weight is 871 g/mol. The van der Waals surface area contributed by atoms with Gasteiger partial charge >= 0.3 is 0 Å². The molecule has 1 aliphatic heterocycles. The van der Waals surface area contributed by atoms with Gasteiger partial charge in [0.15, 0.2) is 0 Å². The van der Waals surface area contributed by atoms with Gasteiger partial charge < -0.3 is 14.2 Å². The summed E-state index contributed by atoms with van der Waals surface area (Å²) < 4.78 is 11.8. The van der Waals surface area contributed by atoms with Crippen LogP contribution in [0.1, 0.15) is 22.3 Å². The highest BCUT2D eigenvalue weighted by molar-refractivity contribution is 7.25. The van der Waals surface area contributed by atoms with E-state index in [-0.39, 0.29) is 0 Å². The van der Waals surface area contributed by atoms with E-state index < -0.39 is 5.41 Å². The van der Waals surface area contributed by atoms with Crippen molar-refractivity contribution < 1.29 is 4.74 Å². The Hall–Kier alpha value is -8.44. The molecule has 0 unspecified atom stereocenters. The second-order valence-electron chi connectivity index (χ2n) is 17.9. The summed E-state index contributed by atoms with van der Waals surface area (Å²) >= 11 is 1.87. The van der Waals surface area contributed by atoms with E-state index in [1.807, 2.05) is 11.3 Å². The molecule has 13 aromatic rings. The fourth-order valence-corrected chi connectivity index (χ4v) is 13.1. The van der Waals surface area contributed by atoms with Gasteiger partial charge in [-0.1, -0.05) is 164 Å². The van der Waals surface area contributed by atoms with Crippen molar-refractivity contribution >= 4 is 91.9 Å². The lowest BCUT2D eigenvalue weighted by atomic mass is 9.58. The number of benzene rings is 11. The third-order valence-corrected chi connectivity index (χ3v) is 15.8. The van der Waals surface area contributed by atoms with Crippen molar-refractivity contribution in [3.8, 4) is 28.3 Å². The number of rotatable bonds is 4. The molecule has 3 nitrogen and oxygen atoms in total. The zero-order chi connectivity index (χ0) is 43.8. The molecule has 0 saturated carbocycles. The number of thiophene rings is 1. The normalized spacial score (nSPS) is 13.3. The van der Waals surface area contributed by atoms with Crippen molar-refractivity contribution in [2.24, 2.45) is 0 Å². The van der Waals surface area contributed by atoms with E-state index in [1.54, 1.807) is 0 Å². The van der Waals surface area contributed by atoms with Crippen LogP contribution in [0.2, 0.25) is 0 Å². The summed E-state index contributed by atoms with van der Waals surface area (Å²) in [5.74, 6) is 1.78. The monoisotopic (exact) mass is 870 g/mol. The van der Waals surface area contributed by atoms with E-state index in [1.165, 1.54) is 85.8 Å². The highest BCUT2D eigenvalue weighted by Crippen LogP contribution is 2.62. The predicted octanol–water partition coefficient (Wildman–Crippen LogP) is 17.4. The minimum Gasteiger partial charge on any atom is -0.457 e. The van der Waals surface area contributed by atoms with Gasteiger partial charge in [0.1, 0.15) is 11.5 Å². The summed E-state index contributed by atoms with van der Waals surface area (Å²) in [5, 5.41) is 9.89. The van der Waals surface area contributed by atoms with Gasteiger partial charge in [-0.05, 0) is 99.8 Å². The molecule has 3 heterocycles. The Kier molecular flexibility index (Phi) is 7.58. The van der Waals surface area contributed by atoms with Crippen molar-refractivity contribution in [1.29, 1.82) is 0 Å². The lowest BCUT2D eigenvalue weighted by molar-refractivity contribution is 0.435. The standard InChI is InChI=1S/C63H38N2OS/c1-2-17-42-39(15-1)16-13-27-54(42)64(40-32-35-57-49(37-40)44-19-4-9-26-55(44)65(57)41-31-33-46-45-20-5-12-30-60(45)67-61(46)38-41)56-36-34-47-43-18-3-6-22-50(43)63(53-25-14-21-48(56)62(47)53)51-23-7-10-28-58(51)66-59-29-11-8-24-52(59)63/h1-38H. The quantitative estimate of drug-likeness (QED) is 0.175. The number of ether oxygens (including phenoxy) is 1. The Morgan fingerprint density at radius 2 is 1.01 bits per heavy atom. The Balaban J connectivity index is 1.01. The van der Waals surface area contributed by atoms with Gasteiger partial charge in [0.25, 0.3) is 0 Å². The summed E-state index contributed by atoms with van der Waals surface area (Å²) in [7, 11) is 0. The van der Waals surface area contributed by atoms with E-state index in [0.29, 0.717) is 0 Å². The van der Waals surface area contributed by atoms with Crippen LogP contribution < -0.4 is 9.64 Å². The second kappa shape index (κ2) is 13.8. The Bertz CT molecular complexity index is 4180. The summed E-state index contributed by atoms with van der Waals surface area (Å²) in [6, 6.07) is 85.1. The van der Waals surface area contributed by atoms with Gasteiger partial charge in [-0.3, -0.25) is 0 Å². The molecule has 0 bridgehead atoms. The van der Waals surface area contributed by atoms with Gasteiger partial charge in [0.05, 0.1) is 27.8 Å². The van der Waals surface area contributed by atoms with Crippen molar-refractivity contribution in [3.63, 3.8) is 0 Å². The Labute approximate surface area is 390 Å². The molecule has 1 aliphatic carbocycles. The van der Waals surface area contributed by atoms with Gasteiger partial charge in [-0.2, -0.15) is 0 Å². The van der Waals surface area contributed by atoms with Crippen molar-refractivity contribution in [2.45, 2.75) is 5.41 Å². The van der Waals surface area contributed by atoms with Gasteiger partial charge in [-0.25, -0.2) is 0 Å². The highest BCUT2D eigenvalue weighted by atomic mass is 32.1. The first kappa shape index (κ1) is 36.9. The van der Waals surface area contributed by atoms with Crippen LogP contribution in [0.15, 0.2) is 231 Å². The number of hydrogen-bond acceptors (Lipinski definition) is 3. The number of anilines is 3. The fourth-order valence-electron chi connectivity index (χ4n) is 11.9. The summed E-state index contributed by atoms with van der Waals surface area (Å²) in [5.41, 5.74) is 13.6. The zero-order valence-corrected chi connectivity index (χ0v) is 37.0. The molecule has 0 N–H and O–H groups in total. The molecule has 312 valence electrons. The minimum atomic E-state index is -0.614. The first-order chi connectivity index (χ1) is 33.2. The van der Waals surface area contributed by atoms with Crippen LogP contribution in [0.25, 0.3) is 80.3 Å². The topological polar surface area (TPSA) is 17.4 Å². The van der Waals surface area contributed by atoms with E-state index in [9.17, 15) is 0 Å². The van der Waals surface area contributed by atoms with Crippen LogP contribution >= 0.6 is 11.3 Å². The summed E-state index contributed by atoms with van der Waals surface area (Å²) in [4.78, 5) is 2.51. The number of fused-ring (bicyclic) bond motifs is 15. The smallest absolute Gasteiger partial charge is 0.132 e. The number of hydrogen-bond donors (Lipinski definition) is 0. The summed E-state index contributed by atoms with van der Waals surface area (Å²) in [6.45, 7) is 0. The SMILES string of the molecule is c1ccc2c(c1)Oc1ccccc1C21c2ccccc2-c2ccc(N(c3ccc4c(c3)c3ccccc3n4-c3ccc4c(c3)sc3ccccc34)c3cccc4ccccc34)c3cccc1c23. The minimum absolute atomic E-state index is 0.614. The van der Waals surface area contributed by atoms with Crippen LogP contribution in [0.4, 0.5) is 17.1 Å². The maximum absolute atomic E-state index is 6.74.